The van der Waals surface area contributed by atoms with E-state index in [2.05, 4.69) is 4.98 Å². The second kappa shape index (κ2) is 5.86. The molecule has 0 bridgehead atoms. The van der Waals surface area contributed by atoms with Gasteiger partial charge in [0, 0.05) is 18.2 Å². The molecule has 5 nitrogen and oxygen atoms in total. The summed E-state index contributed by atoms with van der Waals surface area (Å²) in [6, 6.07) is 7.19. The van der Waals surface area contributed by atoms with Crippen LogP contribution < -0.4 is 10.3 Å². The summed E-state index contributed by atoms with van der Waals surface area (Å²) in [7, 11) is 0. The third-order valence-corrected chi connectivity index (χ3v) is 3.32. The summed E-state index contributed by atoms with van der Waals surface area (Å²) in [4.78, 5) is 25.7. The molecule has 0 unspecified atom stereocenters. The van der Waals surface area contributed by atoms with Crippen molar-refractivity contribution in [3.8, 4) is 22.9 Å². The number of hydrogen-bond donors (Lipinski definition) is 1. The first-order chi connectivity index (χ1) is 10.3. The van der Waals surface area contributed by atoms with Gasteiger partial charge in [0.15, 0.2) is 0 Å². The zero-order chi connectivity index (χ0) is 16.4. The molecule has 2 rings (SSSR count). The van der Waals surface area contributed by atoms with Crippen LogP contribution in [0.2, 0.25) is 0 Å². The number of H-pyrrole nitrogens is 1. The number of aromatic nitrogens is 1. The third kappa shape index (κ3) is 2.91. The lowest BCUT2D eigenvalue weighted by molar-refractivity contribution is -0.131. The molecule has 0 spiro atoms. The molecule has 0 atom stereocenters. The highest BCUT2D eigenvalue weighted by Gasteiger charge is 2.15. The Morgan fingerprint density at radius 1 is 1.18 bits per heavy atom. The zero-order valence-electron chi connectivity index (χ0n) is 12.9. The Kier molecular flexibility index (Phi) is 4.13. The van der Waals surface area contributed by atoms with E-state index in [9.17, 15) is 14.9 Å². The van der Waals surface area contributed by atoms with Crippen LogP contribution in [-0.4, -0.2) is 11.0 Å². The van der Waals surface area contributed by atoms with E-state index in [1.807, 2.05) is 19.9 Å². The number of aryl methyl sites for hydroxylation is 3. The number of aromatic amines is 1. The van der Waals surface area contributed by atoms with Crippen molar-refractivity contribution in [2.24, 2.45) is 0 Å². The van der Waals surface area contributed by atoms with Crippen LogP contribution in [-0.2, 0) is 4.79 Å². The van der Waals surface area contributed by atoms with Crippen molar-refractivity contribution in [3.05, 3.63) is 50.9 Å². The molecule has 0 radical (unpaired) electrons. The average molecular weight is 296 g/mol. The van der Waals surface area contributed by atoms with Crippen molar-refractivity contribution < 1.29 is 9.53 Å². The van der Waals surface area contributed by atoms with Gasteiger partial charge >= 0.3 is 5.97 Å². The first kappa shape index (κ1) is 15.5. The van der Waals surface area contributed by atoms with Crippen molar-refractivity contribution in [1.82, 2.24) is 4.98 Å². The molecule has 0 aliphatic rings. The Labute approximate surface area is 128 Å². The van der Waals surface area contributed by atoms with Crippen molar-refractivity contribution in [2.45, 2.75) is 27.7 Å². The second-order valence-electron chi connectivity index (χ2n) is 5.21. The van der Waals surface area contributed by atoms with Gasteiger partial charge < -0.3 is 9.72 Å². The number of nitriles is 1. The van der Waals surface area contributed by atoms with Gasteiger partial charge in [-0.05, 0) is 55.7 Å². The number of carbonyl (C=O) groups is 1. The number of pyridine rings is 1. The minimum absolute atomic E-state index is 0.0806. The lowest BCUT2D eigenvalue weighted by Crippen LogP contribution is -2.13. The number of hydrogen-bond acceptors (Lipinski definition) is 4. The van der Waals surface area contributed by atoms with Gasteiger partial charge in [-0.2, -0.15) is 5.26 Å². The molecule has 2 aromatic rings. The Bertz CT molecular complexity index is 834. The van der Waals surface area contributed by atoms with Crippen LogP contribution in [0.25, 0.3) is 11.1 Å². The highest BCUT2D eigenvalue weighted by Crippen LogP contribution is 2.32. The van der Waals surface area contributed by atoms with E-state index in [1.54, 1.807) is 25.1 Å². The van der Waals surface area contributed by atoms with Crippen LogP contribution in [0.1, 0.15) is 29.3 Å². The normalized spacial score (nSPS) is 10.1. The van der Waals surface area contributed by atoms with Crippen molar-refractivity contribution >= 4 is 5.97 Å². The minimum atomic E-state index is -0.402. The number of carbonyl (C=O) groups excluding carboxylic acids is 1. The van der Waals surface area contributed by atoms with Crippen molar-refractivity contribution in [3.63, 3.8) is 0 Å². The molecule has 22 heavy (non-hydrogen) atoms. The van der Waals surface area contributed by atoms with E-state index < -0.39 is 11.5 Å². The van der Waals surface area contributed by atoms with E-state index in [0.29, 0.717) is 17.0 Å². The molecule has 5 heteroatoms. The fraction of sp³-hybridized carbons (Fsp3) is 0.235. The molecule has 0 aliphatic heterocycles. The summed E-state index contributed by atoms with van der Waals surface area (Å²) in [5, 5.41) is 9.27. The largest absolute Gasteiger partial charge is 0.427 e. The smallest absolute Gasteiger partial charge is 0.308 e. The first-order valence-corrected chi connectivity index (χ1v) is 6.77. The fourth-order valence-corrected chi connectivity index (χ4v) is 2.57. The quantitative estimate of drug-likeness (QED) is 0.682. The van der Waals surface area contributed by atoms with Gasteiger partial charge in [-0.25, -0.2) is 0 Å². The molecule has 1 N–H and O–H groups in total. The summed E-state index contributed by atoms with van der Waals surface area (Å²) in [6.07, 6.45) is 0. The molecular weight excluding hydrogens is 280 g/mol. The molecule has 0 amide bonds. The molecule has 0 saturated carbocycles. The summed E-state index contributed by atoms with van der Waals surface area (Å²) in [5.41, 5.74) is 3.42. The zero-order valence-corrected chi connectivity index (χ0v) is 12.9. The molecule has 1 aromatic carbocycles. The maximum absolute atomic E-state index is 12.0. The molecule has 0 aliphatic carbocycles. The van der Waals surface area contributed by atoms with E-state index in [1.165, 1.54) is 6.92 Å². The summed E-state index contributed by atoms with van der Waals surface area (Å²) in [6.45, 7) is 6.82. The van der Waals surface area contributed by atoms with Crippen LogP contribution >= 0.6 is 0 Å². The van der Waals surface area contributed by atoms with Crippen LogP contribution in [0.15, 0.2) is 23.0 Å². The van der Waals surface area contributed by atoms with Crippen LogP contribution in [0.3, 0.4) is 0 Å². The number of esters is 1. The number of benzene rings is 1. The van der Waals surface area contributed by atoms with Gasteiger partial charge in [-0.3, -0.25) is 9.59 Å². The number of nitrogens with one attached hydrogen (secondary N) is 1. The fourth-order valence-electron chi connectivity index (χ4n) is 2.57. The monoisotopic (exact) mass is 296 g/mol. The highest BCUT2D eigenvalue weighted by molar-refractivity contribution is 5.77. The molecule has 112 valence electrons. The van der Waals surface area contributed by atoms with Crippen molar-refractivity contribution in [2.75, 3.05) is 0 Å². The summed E-state index contributed by atoms with van der Waals surface area (Å²) in [5.74, 6) is 0.0579. The highest BCUT2D eigenvalue weighted by atomic mass is 16.5. The maximum Gasteiger partial charge on any atom is 0.308 e. The number of ether oxygens (including phenoxy) is 1. The molecule has 0 fully saturated rings. The van der Waals surface area contributed by atoms with Gasteiger partial charge in [0.2, 0.25) is 0 Å². The van der Waals surface area contributed by atoms with Crippen molar-refractivity contribution in [1.29, 1.82) is 5.26 Å². The van der Waals surface area contributed by atoms with Gasteiger partial charge in [0.1, 0.15) is 17.4 Å². The predicted molar refractivity (Wildman–Crippen MR) is 82.7 cm³/mol. The minimum Gasteiger partial charge on any atom is -0.427 e. The van der Waals surface area contributed by atoms with E-state index >= 15 is 0 Å². The maximum atomic E-state index is 12.0. The lowest BCUT2D eigenvalue weighted by atomic mass is 9.92. The Hall–Kier alpha value is -2.87. The SMILES string of the molecule is CC(=O)Oc1cc(C)c(-c2cc(C)[nH]c(=O)c2C#N)c(C)c1. The van der Waals surface area contributed by atoms with Gasteiger partial charge in [0.25, 0.3) is 5.56 Å². The summed E-state index contributed by atoms with van der Waals surface area (Å²) < 4.78 is 5.10. The number of rotatable bonds is 2. The van der Waals surface area contributed by atoms with Gasteiger partial charge in [-0.15, -0.1) is 0 Å². The molecule has 0 saturated heterocycles. The van der Waals surface area contributed by atoms with E-state index in [0.717, 1.165) is 16.7 Å². The first-order valence-electron chi connectivity index (χ1n) is 6.77. The molecule has 1 heterocycles. The standard InChI is InChI=1S/C17H16N2O3/c1-9-5-13(22-12(4)20)6-10(2)16(9)14-7-11(3)19-17(21)15(14)8-18/h5-7H,1-4H3,(H,19,21). The van der Waals surface area contributed by atoms with Crippen LogP contribution in [0.4, 0.5) is 0 Å². The van der Waals surface area contributed by atoms with Gasteiger partial charge in [-0.1, -0.05) is 0 Å². The molecular formula is C17H16N2O3. The Morgan fingerprint density at radius 2 is 1.77 bits per heavy atom. The average Bonchev–Trinajstić information content (AvgIpc) is 2.36. The lowest BCUT2D eigenvalue weighted by Gasteiger charge is -2.14. The number of nitrogens with zero attached hydrogens (tertiary/aromatic N) is 1. The summed E-state index contributed by atoms with van der Waals surface area (Å²) >= 11 is 0. The van der Waals surface area contributed by atoms with E-state index in [4.69, 9.17) is 4.74 Å². The Morgan fingerprint density at radius 3 is 2.27 bits per heavy atom. The van der Waals surface area contributed by atoms with Crippen LogP contribution in [0.5, 0.6) is 5.75 Å². The van der Waals surface area contributed by atoms with E-state index in [-0.39, 0.29) is 5.56 Å². The predicted octanol–water partition coefficient (Wildman–Crippen LogP) is 2.76. The van der Waals surface area contributed by atoms with Crippen LogP contribution in [0, 0.1) is 32.1 Å². The Balaban J connectivity index is 2.72. The third-order valence-electron chi connectivity index (χ3n) is 3.32. The topological polar surface area (TPSA) is 83.0 Å². The second-order valence-corrected chi connectivity index (χ2v) is 5.21. The van der Waals surface area contributed by atoms with Gasteiger partial charge in [0.05, 0.1) is 0 Å². The molecule has 1 aromatic heterocycles.